The highest BCUT2D eigenvalue weighted by Gasteiger charge is 2.16. The summed E-state index contributed by atoms with van der Waals surface area (Å²) in [6.07, 6.45) is 0. The van der Waals surface area contributed by atoms with Gasteiger partial charge in [0.25, 0.3) is 5.69 Å². The molecular weight excluding hydrogens is 488 g/mol. The van der Waals surface area contributed by atoms with Gasteiger partial charge in [0.2, 0.25) is 0 Å². The number of aromatic carboxylic acids is 1. The molecule has 8 heteroatoms. The number of carbonyl (C=O) groups is 1. The Kier molecular flexibility index (Phi) is 6.65. The molecule has 1 aromatic heterocycles. The second-order valence-electron chi connectivity index (χ2n) is 8.11. The van der Waals surface area contributed by atoms with E-state index in [0.29, 0.717) is 22.9 Å². The normalized spacial score (nSPS) is 10.6. The smallest absolute Gasteiger partial charge is 0.335 e. The van der Waals surface area contributed by atoms with Gasteiger partial charge in [-0.25, -0.2) is 4.79 Å². The summed E-state index contributed by atoms with van der Waals surface area (Å²) in [4.78, 5) is 23.4. The van der Waals surface area contributed by atoms with Crippen molar-refractivity contribution in [1.82, 2.24) is 0 Å². The van der Waals surface area contributed by atoms with Crippen molar-refractivity contribution in [3.8, 4) is 33.1 Å². The van der Waals surface area contributed by atoms with Gasteiger partial charge in [-0.1, -0.05) is 48.5 Å². The topological polar surface area (TPSA) is 102 Å². The molecule has 0 aliphatic carbocycles. The lowest BCUT2D eigenvalue weighted by Crippen LogP contribution is -1.98. The third-order valence-corrected chi connectivity index (χ3v) is 6.60. The van der Waals surface area contributed by atoms with Crippen molar-refractivity contribution < 1.29 is 19.6 Å². The number of para-hydroxylation sites is 2. The van der Waals surface area contributed by atoms with Crippen LogP contribution in [0.1, 0.15) is 10.4 Å². The van der Waals surface area contributed by atoms with Gasteiger partial charge in [-0.2, -0.15) is 0 Å². The summed E-state index contributed by atoms with van der Waals surface area (Å²) in [5.74, 6) is -0.127. The zero-order valence-electron chi connectivity index (χ0n) is 19.3. The summed E-state index contributed by atoms with van der Waals surface area (Å²) < 4.78 is 6.14. The van der Waals surface area contributed by atoms with Gasteiger partial charge in [0.15, 0.2) is 0 Å². The van der Waals surface area contributed by atoms with E-state index in [2.05, 4.69) is 16.8 Å². The third-order valence-electron chi connectivity index (χ3n) is 5.64. The Morgan fingerprint density at radius 3 is 2.43 bits per heavy atom. The molecule has 0 bridgehead atoms. The highest BCUT2D eigenvalue weighted by Crippen LogP contribution is 2.41. The fourth-order valence-corrected chi connectivity index (χ4v) is 4.80. The lowest BCUT2D eigenvalue weighted by molar-refractivity contribution is -0.383. The number of carboxylic acid groups (broad SMARTS) is 1. The molecular formula is C29H20N2O5S. The van der Waals surface area contributed by atoms with Crippen LogP contribution in [0, 0.1) is 10.1 Å². The monoisotopic (exact) mass is 508 g/mol. The van der Waals surface area contributed by atoms with Crippen LogP contribution in [0.15, 0.2) is 109 Å². The van der Waals surface area contributed by atoms with Gasteiger partial charge in [0.1, 0.15) is 17.2 Å². The number of carboxylic acids is 1. The minimum absolute atomic E-state index is 0.0302. The molecule has 1 heterocycles. The van der Waals surface area contributed by atoms with Gasteiger partial charge in [0.05, 0.1) is 10.5 Å². The SMILES string of the molecule is O=C(O)c1cccc(Oc2ccc(Nc3ccccc3[N+](=O)[O-])cc2-c2cc(-c3ccccc3)cs2)c1. The van der Waals surface area contributed by atoms with Crippen molar-refractivity contribution in [2.75, 3.05) is 5.32 Å². The highest BCUT2D eigenvalue weighted by atomic mass is 32.1. The van der Waals surface area contributed by atoms with E-state index in [4.69, 9.17) is 4.74 Å². The number of nitrogens with zero attached hydrogens (tertiary/aromatic N) is 1. The molecule has 0 unspecified atom stereocenters. The molecule has 0 saturated heterocycles. The second kappa shape index (κ2) is 10.3. The predicted molar refractivity (Wildman–Crippen MR) is 145 cm³/mol. The van der Waals surface area contributed by atoms with Crippen molar-refractivity contribution in [2.24, 2.45) is 0 Å². The van der Waals surface area contributed by atoms with Gasteiger partial charge in [0, 0.05) is 22.2 Å². The van der Waals surface area contributed by atoms with Gasteiger partial charge in [-0.05, 0) is 65.0 Å². The predicted octanol–water partition coefficient (Wildman–Crippen LogP) is 8.22. The minimum Gasteiger partial charge on any atom is -0.478 e. The van der Waals surface area contributed by atoms with Crippen molar-refractivity contribution in [3.63, 3.8) is 0 Å². The molecule has 0 saturated carbocycles. The number of thiophene rings is 1. The Morgan fingerprint density at radius 1 is 0.865 bits per heavy atom. The van der Waals surface area contributed by atoms with E-state index in [1.165, 1.54) is 18.2 Å². The van der Waals surface area contributed by atoms with Gasteiger partial charge in [-0.3, -0.25) is 10.1 Å². The summed E-state index contributed by atoms with van der Waals surface area (Å²) in [7, 11) is 0. The Labute approximate surface area is 216 Å². The number of hydrogen-bond donors (Lipinski definition) is 2. The summed E-state index contributed by atoms with van der Waals surface area (Å²) in [6.45, 7) is 0. The van der Waals surface area contributed by atoms with Crippen LogP contribution in [0.3, 0.4) is 0 Å². The lowest BCUT2D eigenvalue weighted by Gasteiger charge is -2.14. The second-order valence-corrected chi connectivity index (χ2v) is 9.02. The first kappa shape index (κ1) is 23.8. The van der Waals surface area contributed by atoms with Crippen LogP contribution in [0.4, 0.5) is 17.1 Å². The van der Waals surface area contributed by atoms with E-state index < -0.39 is 10.9 Å². The minimum atomic E-state index is -1.04. The number of nitro benzene ring substituents is 1. The molecule has 5 aromatic rings. The van der Waals surface area contributed by atoms with Crippen LogP contribution in [0.25, 0.3) is 21.6 Å². The van der Waals surface area contributed by atoms with E-state index in [9.17, 15) is 20.0 Å². The van der Waals surface area contributed by atoms with E-state index >= 15 is 0 Å². The quantitative estimate of drug-likeness (QED) is 0.162. The maximum Gasteiger partial charge on any atom is 0.335 e. The fraction of sp³-hybridized carbons (Fsp3) is 0. The molecule has 2 N–H and O–H groups in total. The molecule has 4 aromatic carbocycles. The Hall–Kier alpha value is -4.95. The molecule has 0 amide bonds. The number of hydrogen-bond acceptors (Lipinski definition) is 6. The largest absolute Gasteiger partial charge is 0.478 e. The van der Waals surface area contributed by atoms with Gasteiger partial charge in [-0.15, -0.1) is 11.3 Å². The molecule has 37 heavy (non-hydrogen) atoms. The Morgan fingerprint density at radius 2 is 1.65 bits per heavy atom. The van der Waals surface area contributed by atoms with E-state index in [1.54, 1.807) is 53.8 Å². The number of nitrogens with one attached hydrogen (secondary N) is 1. The Balaban J connectivity index is 1.56. The molecule has 0 aliphatic rings. The first-order chi connectivity index (χ1) is 18.0. The maximum absolute atomic E-state index is 11.5. The molecule has 7 nitrogen and oxygen atoms in total. The first-order valence-electron chi connectivity index (χ1n) is 11.3. The third kappa shape index (κ3) is 5.34. The standard InChI is InChI=1S/C29H20N2O5S/c32-29(33)20-9-6-10-23(15-20)36-27-14-13-22(30-25-11-4-5-12-26(25)31(34)35)17-24(27)28-16-21(18-37-28)19-7-2-1-3-8-19/h1-18,30H,(H,32,33). The zero-order chi connectivity index (χ0) is 25.8. The fourth-order valence-electron chi connectivity index (χ4n) is 3.86. The number of rotatable bonds is 8. The summed E-state index contributed by atoms with van der Waals surface area (Å²) in [6, 6.07) is 30.2. The molecule has 0 aliphatic heterocycles. The average molecular weight is 509 g/mol. The molecule has 5 rings (SSSR count). The number of ether oxygens (including phenoxy) is 1. The molecule has 182 valence electrons. The van der Waals surface area contributed by atoms with Crippen molar-refractivity contribution in [1.29, 1.82) is 0 Å². The van der Waals surface area contributed by atoms with Gasteiger partial charge >= 0.3 is 5.97 Å². The van der Waals surface area contributed by atoms with E-state index in [-0.39, 0.29) is 11.3 Å². The maximum atomic E-state index is 11.5. The van der Waals surface area contributed by atoms with Crippen LogP contribution in [-0.2, 0) is 0 Å². The summed E-state index contributed by atoms with van der Waals surface area (Å²) >= 11 is 1.54. The summed E-state index contributed by atoms with van der Waals surface area (Å²) in [5.41, 5.74) is 4.00. The van der Waals surface area contributed by atoms with Crippen LogP contribution >= 0.6 is 11.3 Å². The van der Waals surface area contributed by atoms with Crippen LogP contribution < -0.4 is 10.1 Å². The van der Waals surface area contributed by atoms with E-state index in [1.807, 2.05) is 36.4 Å². The molecule has 0 radical (unpaired) electrons. The van der Waals surface area contributed by atoms with Crippen molar-refractivity contribution in [2.45, 2.75) is 0 Å². The molecule has 0 fully saturated rings. The molecule has 0 spiro atoms. The highest BCUT2D eigenvalue weighted by molar-refractivity contribution is 7.14. The molecule has 0 atom stereocenters. The van der Waals surface area contributed by atoms with Crippen molar-refractivity contribution >= 4 is 34.4 Å². The first-order valence-corrected chi connectivity index (χ1v) is 12.2. The number of nitro groups is 1. The van der Waals surface area contributed by atoms with Crippen LogP contribution in [0.5, 0.6) is 11.5 Å². The van der Waals surface area contributed by atoms with Crippen LogP contribution in [0.2, 0.25) is 0 Å². The Bertz CT molecular complexity index is 1600. The van der Waals surface area contributed by atoms with Crippen LogP contribution in [-0.4, -0.2) is 16.0 Å². The van der Waals surface area contributed by atoms with Gasteiger partial charge < -0.3 is 15.2 Å². The lowest BCUT2D eigenvalue weighted by atomic mass is 10.1. The van der Waals surface area contributed by atoms with Crippen molar-refractivity contribution in [3.05, 3.63) is 124 Å². The zero-order valence-corrected chi connectivity index (χ0v) is 20.1. The number of anilines is 2. The summed E-state index contributed by atoms with van der Waals surface area (Å²) in [5, 5.41) is 26.0. The van der Waals surface area contributed by atoms with E-state index in [0.717, 1.165) is 21.6 Å². The average Bonchev–Trinajstić information content (AvgIpc) is 3.41. The number of benzene rings is 4.